The number of anilines is 1. The molecule has 2 bridgehead atoms. The van der Waals surface area contributed by atoms with E-state index in [0.29, 0.717) is 11.8 Å². The second-order valence-electron chi connectivity index (χ2n) is 7.64. The molecular weight excluding hydrogens is 345 g/mol. The first kappa shape index (κ1) is 15.9. The number of rotatable bonds is 3. The molecule has 26 heavy (non-hydrogen) atoms. The normalized spacial score (nSPS) is 37.0. The molecule has 0 unspecified atom stereocenters. The molecule has 1 N–H and O–H groups in total. The predicted octanol–water partition coefficient (Wildman–Crippen LogP) is 3.13. The van der Waals surface area contributed by atoms with Crippen LogP contribution in [0, 0.1) is 35.5 Å². The molecule has 5 aliphatic rings. The maximum Gasteiger partial charge on any atom is 0.418 e. The van der Waals surface area contributed by atoms with Crippen molar-refractivity contribution in [2.45, 2.75) is 12.6 Å². The third-order valence-corrected chi connectivity index (χ3v) is 6.41. The summed E-state index contributed by atoms with van der Waals surface area (Å²) in [5.41, 5.74) is -0.932. The summed E-state index contributed by atoms with van der Waals surface area (Å²) >= 11 is 0. The fraction of sp³-hybridized carbons (Fsp3) is 0.474. The lowest BCUT2D eigenvalue weighted by atomic mass is 9.63. The van der Waals surface area contributed by atoms with Gasteiger partial charge in [-0.25, -0.2) is 0 Å². The third-order valence-electron chi connectivity index (χ3n) is 6.41. The first-order valence-corrected chi connectivity index (χ1v) is 8.81. The smallest absolute Gasteiger partial charge is 0.367 e. The lowest BCUT2D eigenvalue weighted by molar-refractivity contribution is -0.139. The summed E-state index contributed by atoms with van der Waals surface area (Å²) in [6.07, 6.45) is 0.718. The van der Waals surface area contributed by atoms with E-state index in [4.69, 9.17) is 0 Å². The Bertz CT molecular complexity index is 798. The molecule has 136 valence electrons. The number of allylic oxidation sites excluding steroid dienone is 2. The van der Waals surface area contributed by atoms with E-state index < -0.39 is 11.7 Å². The number of nitrogens with zero attached hydrogens (tertiary/aromatic N) is 1. The fourth-order valence-corrected chi connectivity index (χ4v) is 5.22. The Labute approximate surface area is 148 Å². The summed E-state index contributed by atoms with van der Waals surface area (Å²) in [5.74, 6) is 0.0618. The zero-order valence-electron chi connectivity index (χ0n) is 13.7. The van der Waals surface area contributed by atoms with Crippen LogP contribution in [-0.2, 0) is 15.8 Å². The van der Waals surface area contributed by atoms with Gasteiger partial charge in [-0.3, -0.25) is 14.5 Å². The maximum absolute atomic E-state index is 13.1. The van der Waals surface area contributed by atoms with Crippen LogP contribution in [0.5, 0.6) is 0 Å². The molecule has 6 atom stereocenters. The van der Waals surface area contributed by atoms with Crippen LogP contribution in [0.1, 0.15) is 12.0 Å². The molecule has 0 radical (unpaired) electrons. The van der Waals surface area contributed by atoms with Crippen LogP contribution in [0.2, 0.25) is 0 Å². The van der Waals surface area contributed by atoms with Crippen LogP contribution >= 0.6 is 0 Å². The van der Waals surface area contributed by atoms with E-state index in [-0.39, 0.29) is 47.8 Å². The molecule has 1 aromatic rings. The van der Waals surface area contributed by atoms with Crippen molar-refractivity contribution in [1.29, 1.82) is 0 Å². The van der Waals surface area contributed by atoms with Gasteiger partial charge in [0.15, 0.2) is 0 Å². The molecule has 4 aliphatic carbocycles. The van der Waals surface area contributed by atoms with Crippen LogP contribution in [-0.4, -0.2) is 23.4 Å². The van der Waals surface area contributed by atoms with Gasteiger partial charge in [0.05, 0.1) is 24.1 Å². The van der Waals surface area contributed by atoms with Gasteiger partial charge in [0.25, 0.3) is 0 Å². The van der Waals surface area contributed by atoms with E-state index in [1.807, 2.05) is 0 Å². The van der Waals surface area contributed by atoms with Gasteiger partial charge in [0.2, 0.25) is 11.8 Å². The highest BCUT2D eigenvalue weighted by molar-refractivity contribution is 6.06. The van der Waals surface area contributed by atoms with Crippen molar-refractivity contribution in [3.63, 3.8) is 0 Å². The largest absolute Gasteiger partial charge is 0.418 e. The molecule has 0 spiro atoms. The molecule has 4 nitrogen and oxygen atoms in total. The molecule has 1 saturated heterocycles. The van der Waals surface area contributed by atoms with Crippen molar-refractivity contribution in [2.75, 3.05) is 12.0 Å². The number of hydrogen-bond donors (Lipinski definition) is 1. The summed E-state index contributed by atoms with van der Waals surface area (Å²) in [6.45, 7) is -0.230. The minimum atomic E-state index is -4.50. The number of carbonyl (C=O) groups excluding carboxylic acids is 2. The van der Waals surface area contributed by atoms with Gasteiger partial charge in [0.1, 0.15) is 0 Å². The van der Waals surface area contributed by atoms with Gasteiger partial charge in [0, 0.05) is 5.69 Å². The minimum Gasteiger partial charge on any atom is -0.367 e. The van der Waals surface area contributed by atoms with Crippen LogP contribution in [0.3, 0.4) is 0 Å². The molecule has 1 heterocycles. The summed E-state index contributed by atoms with van der Waals surface area (Å²) in [4.78, 5) is 26.7. The highest BCUT2D eigenvalue weighted by Gasteiger charge is 2.66. The molecule has 1 aliphatic heterocycles. The highest BCUT2D eigenvalue weighted by Crippen LogP contribution is 2.65. The van der Waals surface area contributed by atoms with Crippen molar-refractivity contribution < 1.29 is 22.8 Å². The topological polar surface area (TPSA) is 49.4 Å². The average Bonchev–Trinajstić information content (AvgIpc) is 3.38. The summed E-state index contributed by atoms with van der Waals surface area (Å²) in [7, 11) is 0. The molecule has 7 heteroatoms. The Balaban J connectivity index is 1.37. The lowest BCUT2D eigenvalue weighted by Gasteiger charge is -2.37. The van der Waals surface area contributed by atoms with E-state index in [1.165, 1.54) is 18.2 Å². The van der Waals surface area contributed by atoms with Crippen molar-refractivity contribution in [3.05, 3.63) is 42.0 Å². The van der Waals surface area contributed by atoms with Gasteiger partial charge in [-0.2, -0.15) is 13.2 Å². The van der Waals surface area contributed by atoms with E-state index in [9.17, 15) is 22.8 Å². The number of likely N-dealkylation sites (tertiary alicyclic amines) is 1. The van der Waals surface area contributed by atoms with Gasteiger partial charge in [-0.15, -0.1) is 0 Å². The Morgan fingerprint density at radius 1 is 1.00 bits per heavy atom. The Hall–Kier alpha value is -2.31. The molecule has 0 aromatic heterocycles. The van der Waals surface area contributed by atoms with Crippen LogP contribution in [0.25, 0.3) is 0 Å². The van der Waals surface area contributed by atoms with E-state index in [0.717, 1.165) is 17.4 Å². The first-order valence-electron chi connectivity index (χ1n) is 8.81. The quantitative estimate of drug-likeness (QED) is 0.664. The fourth-order valence-electron chi connectivity index (χ4n) is 5.22. The van der Waals surface area contributed by atoms with Crippen molar-refractivity contribution in [1.82, 2.24) is 4.90 Å². The SMILES string of the molecule is O=C1[C@@H]2[C@H]3C=C[C@@H]([C@@H]4C[C@@H]34)[C@@H]2C(=O)N1CNc1ccccc1C(F)(F)F. The molecular formula is C19H17F3N2O2. The van der Waals surface area contributed by atoms with Crippen LogP contribution in [0.4, 0.5) is 18.9 Å². The van der Waals surface area contributed by atoms with E-state index >= 15 is 0 Å². The zero-order chi connectivity index (χ0) is 18.2. The Morgan fingerprint density at radius 3 is 2.15 bits per heavy atom. The van der Waals surface area contributed by atoms with Crippen molar-refractivity contribution in [3.8, 4) is 0 Å². The number of para-hydroxylation sites is 1. The van der Waals surface area contributed by atoms with E-state index in [1.54, 1.807) is 0 Å². The average molecular weight is 362 g/mol. The molecule has 2 amide bonds. The monoisotopic (exact) mass is 362 g/mol. The number of carbonyl (C=O) groups is 2. The molecule has 1 aromatic carbocycles. The van der Waals surface area contributed by atoms with Gasteiger partial charge in [-0.05, 0) is 42.2 Å². The summed E-state index contributed by atoms with van der Waals surface area (Å²) in [6, 6.07) is 5.09. The van der Waals surface area contributed by atoms with Gasteiger partial charge in [-0.1, -0.05) is 24.3 Å². The number of benzene rings is 1. The predicted molar refractivity (Wildman–Crippen MR) is 86.5 cm³/mol. The number of halogens is 3. The lowest BCUT2D eigenvalue weighted by Crippen LogP contribution is -2.40. The van der Waals surface area contributed by atoms with Crippen molar-refractivity contribution >= 4 is 17.5 Å². The minimum absolute atomic E-state index is 0.110. The van der Waals surface area contributed by atoms with Gasteiger partial charge < -0.3 is 5.32 Å². The Morgan fingerprint density at radius 2 is 1.58 bits per heavy atom. The number of imide groups is 1. The Kier molecular flexibility index (Phi) is 3.13. The van der Waals surface area contributed by atoms with Crippen LogP contribution < -0.4 is 5.32 Å². The maximum atomic E-state index is 13.1. The highest BCUT2D eigenvalue weighted by atomic mass is 19.4. The first-order chi connectivity index (χ1) is 12.4. The number of alkyl halides is 3. The molecule has 6 rings (SSSR count). The molecule has 3 fully saturated rings. The number of nitrogens with one attached hydrogen (secondary N) is 1. The zero-order valence-corrected chi connectivity index (χ0v) is 13.7. The second kappa shape index (κ2) is 5.11. The van der Waals surface area contributed by atoms with Gasteiger partial charge >= 0.3 is 6.18 Å². The van der Waals surface area contributed by atoms with Crippen molar-refractivity contribution in [2.24, 2.45) is 35.5 Å². The summed E-state index contributed by atoms with van der Waals surface area (Å²) in [5, 5.41) is 2.65. The number of hydrogen-bond acceptors (Lipinski definition) is 3. The molecule has 2 saturated carbocycles. The second-order valence-corrected chi connectivity index (χ2v) is 7.64. The van der Waals surface area contributed by atoms with Crippen LogP contribution in [0.15, 0.2) is 36.4 Å². The standard InChI is InChI=1S/C19H17F3N2O2/c20-19(21,22)13-3-1-2-4-14(13)23-8-24-17(25)15-9-5-6-10(12-7-11(9)12)16(15)18(24)26/h1-6,9-12,15-16,23H,7-8H2/t9-,10-,11-,12-,15-,16+/m0/s1. The number of amides is 2. The third kappa shape index (κ3) is 2.09. The summed E-state index contributed by atoms with van der Waals surface area (Å²) < 4.78 is 39.3. The van der Waals surface area contributed by atoms with E-state index in [2.05, 4.69) is 17.5 Å².